The summed E-state index contributed by atoms with van der Waals surface area (Å²) in [6, 6.07) is 6.67. The van der Waals surface area contributed by atoms with E-state index >= 15 is 0 Å². The maximum absolute atomic E-state index is 12.1. The van der Waals surface area contributed by atoms with Crippen LogP contribution in [0.1, 0.15) is 5.69 Å². The molecule has 27 heavy (non-hydrogen) atoms. The topological polar surface area (TPSA) is 133 Å². The Morgan fingerprint density at radius 2 is 2.15 bits per heavy atom. The van der Waals surface area contributed by atoms with E-state index in [1.54, 1.807) is 47.8 Å². The lowest BCUT2D eigenvalue weighted by atomic mass is 10.4. The summed E-state index contributed by atoms with van der Waals surface area (Å²) in [5.74, 6) is 1.30. The maximum atomic E-state index is 12.1. The number of nitrogens with zero attached hydrogens (tertiary/aromatic N) is 2. The molecule has 0 spiro atoms. The van der Waals surface area contributed by atoms with Gasteiger partial charge in [0.2, 0.25) is 0 Å². The zero-order chi connectivity index (χ0) is 19.7. The molecule has 5 N–H and O–H groups in total. The monoisotopic (exact) mass is 444 g/mol. The number of guanidine groups is 1. The summed E-state index contributed by atoms with van der Waals surface area (Å²) >= 11 is 4.58. The van der Waals surface area contributed by atoms with Crippen LogP contribution in [0.3, 0.4) is 0 Å². The molecule has 1 aromatic carbocycles. The number of hydrogen-bond acceptors (Lipinski definition) is 8. The molecule has 8 nitrogen and oxygen atoms in total. The molecule has 0 aliphatic carbocycles. The summed E-state index contributed by atoms with van der Waals surface area (Å²) < 4.78 is 26.6. The van der Waals surface area contributed by atoms with E-state index in [-0.39, 0.29) is 10.9 Å². The van der Waals surface area contributed by atoms with Crippen LogP contribution < -0.4 is 15.8 Å². The number of anilines is 1. The van der Waals surface area contributed by atoms with Gasteiger partial charge in [0.15, 0.2) is 11.1 Å². The SMILES string of the molecule is CSc1ccc(S(=O)(=O)NC=NCCSCc2csc(NC(=N)N)n2)cc1. The Bertz CT molecular complexity index is 880. The summed E-state index contributed by atoms with van der Waals surface area (Å²) in [6.45, 7) is 0.487. The van der Waals surface area contributed by atoms with Gasteiger partial charge in [-0.1, -0.05) is 0 Å². The van der Waals surface area contributed by atoms with Crippen LogP contribution in [-0.4, -0.2) is 44.3 Å². The lowest BCUT2D eigenvalue weighted by Crippen LogP contribution is -2.22. The third-order valence-corrected chi connectivity index (χ3v) is 6.91. The highest BCUT2D eigenvalue weighted by Gasteiger charge is 2.11. The van der Waals surface area contributed by atoms with Crippen LogP contribution in [0, 0.1) is 5.41 Å². The van der Waals surface area contributed by atoms with Gasteiger partial charge in [-0.25, -0.2) is 13.4 Å². The van der Waals surface area contributed by atoms with Gasteiger partial charge in [0, 0.05) is 28.3 Å². The van der Waals surface area contributed by atoms with Gasteiger partial charge in [-0.15, -0.1) is 23.1 Å². The van der Waals surface area contributed by atoms with Crippen molar-refractivity contribution >= 4 is 62.3 Å². The Balaban J connectivity index is 1.69. The van der Waals surface area contributed by atoms with E-state index in [0.29, 0.717) is 17.4 Å². The van der Waals surface area contributed by atoms with Gasteiger partial charge in [-0.3, -0.25) is 15.1 Å². The average Bonchev–Trinajstić information content (AvgIpc) is 3.07. The van der Waals surface area contributed by atoms with Crippen molar-refractivity contribution in [3.8, 4) is 0 Å². The molecular formula is C15H20N6O2S4. The van der Waals surface area contributed by atoms with Gasteiger partial charge in [-0.2, -0.15) is 11.8 Å². The minimum absolute atomic E-state index is 0.138. The minimum Gasteiger partial charge on any atom is -0.370 e. The lowest BCUT2D eigenvalue weighted by Gasteiger charge is -2.04. The molecule has 0 saturated carbocycles. The van der Waals surface area contributed by atoms with Crippen LogP contribution in [0.15, 0.2) is 44.4 Å². The Labute approximate surface area is 171 Å². The predicted octanol–water partition coefficient (Wildman–Crippen LogP) is 2.41. The molecule has 0 radical (unpaired) electrons. The molecule has 146 valence electrons. The van der Waals surface area contributed by atoms with Crippen molar-refractivity contribution in [2.24, 2.45) is 10.7 Å². The highest BCUT2D eigenvalue weighted by Crippen LogP contribution is 2.19. The van der Waals surface area contributed by atoms with Crippen molar-refractivity contribution in [3.63, 3.8) is 0 Å². The van der Waals surface area contributed by atoms with Gasteiger partial charge < -0.3 is 11.1 Å². The first-order valence-corrected chi connectivity index (χ1v) is 12.4. The number of benzene rings is 1. The van der Waals surface area contributed by atoms with Crippen LogP contribution in [-0.2, 0) is 15.8 Å². The molecule has 1 heterocycles. The fourth-order valence-electron chi connectivity index (χ4n) is 1.83. The summed E-state index contributed by atoms with van der Waals surface area (Å²) in [6.07, 6.45) is 3.15. The Morgan fingerprint density at radius 1 is 1.41 bits per heavy atom. The Kier molecular flexibility index (Phi) is 8.41. The van der Waals surface area contributed by atoms with E-state index in [1.807, 2.05) is 11.6 Å². The molecule has 1 aromatic heterocycles. The molecule has 0 fully saturated rings. The number of aromatic nitrogens is 1. The number of thioether (sulfide) groups is 2. The fourth-order valence-corrected chi connectivity index (χ4v) is 4.65. The van der Waals surface area contributed by atoms with Crippen molar-refractivity contribution in [1.82, 2.24) is 9.71 Å². The molecule has 0 aliphatic heterocycles. The highest BCUT2D eigenvalue weighted by molar-refractivity contribution is 7.98. The first-order chi connectivity index (χ1) is 12.9. The Morgan fingerprint density at radius 3 is 2.81 bits per heavy atom. The first-order valence-electron chi connectivity index (χ1n) is 7.68. The molecule has 0 saturated heterocycles. The van der Waals surface area contributed by atoms with Crippen LogP contribution >= 0.6 is 34.9 Å². The number of nitrogens with one attached hydrogen (secondary N) is 3. The second-order valence-electron chi connectivity index (χ2n) is 5.07. The number of sulfonamides is 1. The highest BCUT2D eigenvalue weighted by atomic mass is 32.2. The first kappa shape index (κ1) is 21.5. The number of rotatable bonds is 10. The largest absolute Gasteiger partial charge is 0.370 e. The third kappa shape index (κ3) is 7.40. The van der Waals surface area contributed by atoms with E-state index in [0.717, 1.165) is 16.3 Å². The van der Waals surface area contributed by atoms with Crippen molar-refractivity contribution in [3.05, 3.63) is 35.3 Å². The van der Waals surface area contributed by atoms with Crippen LogP contribution in [0.2, 0.25) is 0 Å². The van der Waals surface area contributed by atoms with Crippen molar-refractivity contribution < 1.29 is 8.42 Å². The summed E-state index contributed by atoms with van der Waals surface area (Å²) in [5.41, 5.74) is 6.15. The van der Waals surface area contributed by atoms with Crippen molar-refractivity contribution in [2.75, 3.05) is 23.9 Å². The van der Waals surface area contributed by atoms with Gasteiger partial charge in [0.1, 0.15) is 0 Å². The zero-order valence-corrected chi connectivity index (χ0v) is 17.8. The number of nitrogens with two attached hydrogens (primary N) is 1. The molecule has 12 heteroatoms. The van der Waals surface area contributed by atoms with Gasteiger partial charge in [-0.05, 0) is 30.5 Å². The lowest BCUT2D eigenvalue weighted by molar-refractivity contribution is 0.593. The molecule has 0 amide bonds. The quantitative estimate of drug-likeness (QED) is 0.191. The molecule has 2 rings (SSSR count). The molecule has 0 atom stereocenters. The number of hydrogen-bond donors (Lipinski definition) is 4. The summed E-state index contributed by atoms with van der Waals surface area (Å²) in [7, 11) is -3.59. The van der Waals surface area contributed by atoms with Crippen molar-refractivity contribution in [2.45, 2.75) is 15.5 Å². The van der Waals surface area contributed by atoms with E-state index in [9.17, 15) is 8.42 Å². The summed E-state index contributed by atoms with van der Waals surface area (Å²) in [5, 5.41) is 12.3. The second kappa shape index (κ2) is 10.5. The molecule has 0 unspecified atom stereocenters. The third-order valence-electron chi connectivity index (χ3n) is 3.08. The fraction of sp³-hybridized carbons (Fsp3) is 0.267. The molecule has 0 bridgehead atoms. The van der Waals surface area contributed by atoms with E-state index in [1.165, 1.54) is 17.7 Å². The van der Waals surface area contributed by atoms with E-state index in [2.05, 4.69) is 20.0 Å². The normalized spacial score (nSPS) is 11.6. The van der Waals surface area contributed by atoms with E-state index in [4.69, 9.17) is 11.1 Å². The maximum Gasteiger partial charge on any atom is 0.262 e. The molecule has 0 aliphatic rings. The number of thiazole rings is 1. The Hall–Kier alpha value is -1.76. The van der Waals surface area contributed by atoms with Gasteiger partial charge in [0.05, 0.1) is 16.9 Å². The van der Waals surface area contributed by atoms with Crippen LogP contribution in [0.25, 0.3) is 0 Å². The number of aliphatic imine (C=N–C) groups is 1. The molecular weight excluding hydrogens is 424 g/mol. The standard InChI is InChI=1S/C15H20N6O2S4/c1-24-12-2-4-13(5-3-12)27(22,23)19-10-18-6-7-25-8-11-9-26-15(20-11)21-14(16)17/h2-5,9-10H,6-8H2,1H3,(H,18,19)(H4,16,17,20,21). The molecule has 2 aromatic rings. The van der Waals surface area contributed by atoms with Crippen LogP contribution in [0.5, 0.6) is 0 Å². The predicted molar refractivity (Wildman–Crippen MR) is 116 cm³/mol. The van der Waals surface area contributed by atoms with Crippen LogP contribution in [0.4, 0.5) is 5.13 Å². The summed E-state index contributed by atoms with van der Waals surface area (Å²) in [4.78, 5) is 9.58. The zero-order valence-electron chi connectivity index (χ0n) is 14.5. The second-order valence-corrected chi connectivity index (χ2v) is 9.62. The van der Waals surface area contributed by atoms with Gasteiger partial charge in [0.25, 0.3) is 10.0 Å². The smallest absolute Gasteiger partial charge is 0.262 e. The van der Waals surface area contributed by atoms with E-state index < -0.39 is 10.0 Å². The minimum atomic E-state index is -3.59. The van der Waals surface area contributed by atoms with Gasteiger partial charge >= 0.3 is 0 Å². The average molecular weight is 445 g/mol. The van der Waals surface area contributed by atoms with Crippen molar-refractivity contribution in [1.29, 1.82) is 5.41 Å².